The Hall–Kier alpha value is -4.36. The van der Waals surface area contributed by atoms with Crippen molar-refractivity contribution in [1.29, 1.82) is 0 Å². The van der Waals surface area contributed by atoms with Crippen molar-refractivity contribution in [2.24, 2.45) is 12.1 Å². The van der Waals surface area contributed by atoms with Gasteiger partial charge in [0.1, 0.15) is 5.75 Å². The van der Waals surface area contributed by atoms with Crippen molar-refractivity contribution in [3.8, 4) is 17.2 Å². The number of methoxy groups -OCH3 is 2. The molecule has 0 spiro atoms. The van der Waals surface area contributed by atoms with E-state index in [1.807, 2.05) is 53.9 Å². The third-order valence-electron chi connectivity index (χ3n) is 6.57. The smallest absolute Gasteiger partial charge is 0.258 e. The summed E-state index contributed by atoms with van der Waals surface area (Å²) in [5.41, 5.74) is 1.66. The second kappa shape index (κ2) is 13.5. The standard InChI is InChI=1S/C29H30N6O5S2/c1-34-25(16-30-26(36)17-40-19-9-5-4-6-10-19)31-32-29(34)42-18-27(37)35-22(15-21(33-35)24-13-8-14-41-24)20-11-7-12-23(38-2)28(20)39-3/h4-14,22H,15-18H2,1-3H3,(H,30,36)/t22-/m1/s1. The fraction of sp³-hybridized carbons (Fsp3) is 0.276. The van der Waals surface area contributed by atoms with Gasteiger partial charge in [-0.05, 0) is 29.6 Å². The van der Waals surface area contributed by atoms with Gasteiger partial charge in [0.25, 0.3) is 11.8 Å². The van der Waals surface area contributed by atoms with Crippen molar-refractivity contribution >= 4 is 40.6 Å². The molecule has 5 rings (SSSR count). The Morgan fingerprint density at radius 1 is 1.05 bits per heavy atom. The lowest BCUT2D eigenvalue weighted by Crippen LogP contribution is -2.29. The molecule has 4 aromatic rings. The van der Waals surface area contributed by atoms with Crippen LogP contribution in [0.2, 0.25) is 0 Å². The number of benzene rings is 2. The number of aromatic nitrogens is 3. The van der Waals surface area contributed by atoms with Crippen molar-refractivity contribution in [3.05, 3.63) is 82.3 Å². The maximum absolute atomic E-state index is 13.6. The first kappa shape index (κ1) is 29.1. The molecule has 3 heterocycles. The quantitative estimate of drug-likeness (QED) is 0.240. The van der Waals surface area contributed by atoms with Crippen LogP contribution in [0.3, 0.4) is 0 Å². The molecule has 0 bridgehead atoms. The van der Waals surface area contributed by atoms with Crippen molar-refractivity contribution in [2.45, 2.75) is 24.2 Å². The van der Waals surface area contributed by atoms with Crippen LogP contribution in [-0.4, -0.2) is 63.9 Å². The molecule has 2 aromatic carbocycles. The van der Waals surface area contributed by atoms with Gasteiger partial charge in [-0.2, -0.15) is 5.10 Å². The molecule has 1 N–H and O–H groups in total. The number of para-hydroxylation sites is 2. The van der Waals surface area contributed by atoms with Crippen molar-refractivity contribution in [1.82, 2.24) is 25.1 Å². The van der Waals surface area contributed by atoms with Gasteiger partial charge in [-0.25, -0.2) is 5.01 Å². The molecule has 0 saturated carbocycles. The van der Waals surface area contributed by atoms with Crippen molar-refractivity contribution in [3.63, 3.8) is 0 Å². The van der Waals surface area contributed by atoms with Gasteiger partial charge in [-0.3, -0.25) is 9.59 Å². The summed E-state index contributed by atoms with van der Waals surface area (Å²) in [6.07, 6.45) is 0.544. The number of carbonyl (C=O) groups is 2. The lowest BCUT2D eigenvalue weighted by molar-refractivity contribution is -0.130. The minimum absolute atomic E-state index is 0.0905. The Morgan fingerprint density at radius 3 is 2.62 bits per heavy atom. The van der Waals surface area contributed by atoms with E-state index >= 15 is 0 Å². The summed E-state index contributed by atoms with van der Waals surface area (Å²) < 4.78 is 18.4. The van der Waals surface area contributed by atoms with Gasteiger partial charge in [-0.1, -0.05) is 48.2 Å². The van der Waals surface area contributed by atoms with Gasteiger partial charge in [0.2, 0.25) is 0 Å². The van der Waals surface area contributed by atoms with E-state index in [1.54, 1.807) is 49.3 Å². The number of ether oxygens (including phenoxy) is 3. The second-order valence-electron chi connectivity index (χ2n) is 9.19. The molecule has 1 atom stereocenters. The average Bonchev–Trinajstić information content (AvgIpc) is 3.78. The van der Waals surface area contributed by atoms with Crippen LogP contribution in [0, 0.1) is 0 Å². The normalized spacial score (nSPS) is 14.4. The Kier molecular flexibility index (Phi) is 9.39. The van der Waals surface area contributed by atoms with Crippen molar-refractivity contribution in [2.75, 3.05) is 26.6 Å². The average molecular weight is 607 g/mol. The third kappa shape index (κ3) is 6.58. The van der Waals surface area contributed by atoms with E-state index in [4.69, 9.17) is 19.3 Å². The van der Waals surface area contributed by atoms with E-state index in [2.05, 4.69) is 15.5 Å². The predicted molar refractivity (Wildman–Crippen MR) is 160 cm³/mol. The molecule has 0 radical (unpaired) electrons. The zero-order chi connectivity index (χ0) is 29.5. The number of hydrazone groups is 1. The third-order valence-corrected chi connectivity index (χ3v) is 8.49. The first-order valence-electron chi connectivity index (χ1n) is 13.1. The Balaban J connectivity index is 1.24. The SMILES string of the molecule is COc1cccc([C@H]2CC(c3cccs3)=NN2C(=O)CSc2nnc(CNC(=O)COc3ccccc3)n2C)c1OC. The molecule has 0 aliphatic carbocycles. The molecule has 2 aromatic heterocycles. The fourth-order valence-corrected chi connectivity index (χ4v) is 5.96. The molecule has 42 heavy (non-hydrogen) atoms. The van der Waals surface area contributed by atoms with Crippen LogP contribution in [0.1, 0.15) is 28.7 Å². The van der Waals surface area contributed by atoms with E-state index in [9.17, 15) is 9.59 Å². The molecule has 1 aliphatic heterocycles. The van der Waals surface area contributed by atoms with Crippen LogP contribution in [-0.2, 0) is 23.2 Å². The summed E-state index contributed by atoms with van der Waals surface area (Å²) in [7, 11) is 4.97. The van der Waals surface area contributed by atoms with E-state index in [1.165, 1.54) is 16.8 Å². The first-order chi connectivity index (χ1) is 20.5. The number of rotatable bonds is 12. The number of thiophene rings is 1. The van der Waals surface area contributed by atoms with E-state index in [0.29, 0.717) is 34.7 Å². The monoisotopic (exact) mass is 606 g/mol. The summed E-state index contributed by atoms with van der Waals surface area (Å²) in [6, 6.07) is 18.4. The highest BCUT2D eigenvalue weighted by molar-refractivity contribution is 7.99. The van der Waals surface area contributed by atoms with Crippen molar-refractivity contribution < 1.29 is 23.8 Å². The number of nitrogens with one attached hydrogen (secondary N) is 1. The van der Waals surface area contributed by atoms with Crippen LogP contribution in [0.5, 0.6) is 17.2 Å². The topological polar surface area (TPSA) is 120 Å². The summed E-state index contributed by atoms with van der Waals surface area (Å²) in [6.45, 7) is 0.0638. The predicted octanol–water partition coefficient (Wildman–Crippen LogP) is 4.06. The van der Waals surface area contributed by atoms with Crippen LogP contribution in [0.25, 0.3) is 0 Å². The van der Waals surface area contributed by atoms with Gasteiger partial charge in [0.15, 0.2) is 29.1 Å². The molecule has 2 amide bonds. The van der Waals surface area contributed by atoms with Gasteiger partial charge in [0.05, 0.1) is 43.1 Å². The maximum Gasteiger partial charge on any atom is 0.258 e. The first-order valence-corrected chi connectivity index (χ1v) is 14.9. The van der Waals surface area contributed by atoms with E-state index < -0.39 is 0 Å². The molecular formula is C29H30N6O5S2. The lowest BCUT2D eigenvalue weighted by Gasteiger charge is -2.24. The zero-order valence-corrected chi connectivity index (χ0v) is 25.0. The van der Waals surface area contributed by atoms with E-state index in [-0.39, 0.29) is 36.8 Å². The van der Waals surface area contributed by atoms with Crippen LogP contribution in [0.15, 0.2) is 76.3 Å². The highest BCUT2D eigenvalue weighted by Gasteiger charge is 2.36. The summed E-state index contributed by atoms with van der Waals surface area (Å²) >= 11 is 2.84. The number of hydrogen-bond donors (Lipinski definition) is 1. The number of amides is 2. The molecule has 0 fully saturated rings. The van der Waals surface area contributed by atoms with Gasteiger partial charge in [0, 0.05) is 19.0 Å². The summed E-state index contributed by atoms with van der Waals surface area (Å²) in [5, 5.41) is 20.0. The molecule has 1 aliphatic rings. The van der Waals surface area contributed by atoms with E-state index in [0.717, 1.165) is 16.2 Å². The second-order valence-corrected chi connectivity index (χ2v) is 11.1. The van der Waals surface area contributed by atoms with Crippen LogP contribution in [0.4, 0.5) is 0 Å². The highest BCUT2D eigenvalue weighted by Crippen LogP contribution is 2.42. The molecule has 11 nitrogen and oxygen atoms in total. The maximum atomic E-state index is 13.6. The molecule has 0 saturated heterocycles. The lowest BCUT2D eigenvalue weighted by atomic mass is 9.99. The number of carbonyl (C=O) groups excluding carboxylic acids is 2. The molecular weight excluding hydrogens is 576 g/mol. The number of nitrogens with zero attached hydrogens (tertiary/aromatic N) is 5. The Morgan fingerprint density at radius 2 is 1.88 bits per heavy atom. The summed E-state index contributed by atoms with van der Waals surface area (Å²) in [4.78, 5) is 26.8. The van der Waals surface area contributed by atoms with Gasteiger partial charge < -0.3 is 24.1 Å². The zero-order valence-electron chi connectivity index (χ0n) is 23.4. The minimum Gasteiger partial charge on any atom is -0.493 e. The number of thioether (sulfide) groups is 1. The van der Waals surface area contributed by atoms with Gasteiger partial charge >= 0.3 is 0 Å². The molecule has 0 unspecified atom stereocenters. The number of hydrogen-bond acceptors (Lipinski definition) is 10. The Labute approximate surface area is 251 Å². The summed E-state index contributed by atoms with van der Waals surface area (Å²) in [5.74, 6) is 1.96. The van der Waals surface area contributed by atoms with Gasteiger partial charge in [-0.15, -0.1) is 21.5 Å². The Bertz CT molecular complexity index is 1560. The van der Waals surface area contributed by atoms with Crippen LogP contribution < -0.4 is 19.5 Å². The molecule has 218 valence electrons. The highest BCUT2D eigenvalue weighted by atomic mass is 32.2. The fourth-order valence-electron chi connectivity index (χ4n) is 4.46. The van der Waals surface area contributed by atoms with Crippen LogP contribution >= 0.6 is 23.1 Å². The minimum atomic E-state index is -0.358. The molecule has 13 heteroatoms. The largest absolute Gasteiger partial charge is 0.493 e.